The van der Waals surface area contributed by atoms with Crippen LogP contribution in [-0.4, -0.2) is 40.9 Å². The third kappa shape index (κ3) is 2.10. The average molecular weight is 363 g/mol. The fourth-order valence-electron chi connectivity index (χ4n) is 7.79. The third-order valence-corrected chi connectivity index (χ3v) is 9.11. The number of fused-ring (bicyclic) bond motifs is 5. The number of methoxy groups -OCH3 is 1. The highest BCUT2D eigenvalue weighted by Gasteiger charge is 2.69. The van der Waals surface area contributed by atoms with Gasteiger partial charge >= 0.3 is 0 Å². The van der Waals surface area contributed by atoms with Gasteiger partial charge in [0.15, 0.2) is 11.4 Å². The highest BCUT2D eigenvalue weighted by molar-refractivity contribution is 5.87. The van der Waals surface area contributed by atoms with Gasteiger partial charge < -0.3 is 14.9 Å². The number of carbonyl (C=O) groups is 1. The average Bonchev–Trinajstić information content (AvgIpc) is 2.82. The highest BCUT2D eigenvalue weighted by Crippen LogP contribution is 2.67. The molecule has 0 bridgehead atoms. The summed E-state index contributed by atoms with van der Waals surface area (Å²) in [6, 6.07) is 0. The predicted molar refractivity (Wildman–Crippen MR) is 99.5 cm³/mol. The number of hydrogen-bond acceptors (Lipinski definition) is 4. The standard InChI is InChI=1S/C22H34O4/c1-13(23)22(26-4)19(25)12-18-16-6-5-14-11-15(24)7-9-20(14,2)17(16)8-10-21(18,22)3/h5,15-19,24-25H,6-12H2,1-4H3/t15-,16-,17+,18+,19-,20-,21-,22-/m0/s1. The van der Waals surface area contributed by atoms with Crippen molar-refractivity contribution in [1.29, 1.82) is 0 Å². The molecule has 4 aliphatic carbocycles. The van der Waals surface area contributed by atoms with Crippen LogP contribution in [-0.2, 0) is 9.53 Å². The number of allylic oxidation sites excluding steroid dienone is 1. The van der Waals surface area contributed by atoms with E-state index in [9.17, 15) is 15.0 Å². The number of rotatable bonds is 2. The van der Waals surface area contributed by atoms with Crippen molar-refractivity contribution in [3.63, 3.8) is 0 Å². The predicted octanol–water partition coefficient (Wildman–Crippen LogP) is 3.26. The molecule has 0 aromatic heterocycles. The molecular weight excluding hydrogens is 328 g/mol. The van der Waals surface area contributed by atoms with Crippen LogP contribution in [0.25, 0.3) is 0 Å². The van der Waals surface area contributed by atoms with E-state index in [0.29, 0.717) is 24.2 Å². The Balaban J connectivity index is 1.73. The molecule has 0 spiro atoms. The van der Waals surface area contributed by atoms with Crippen LogP contribution in [0, 0.1) is 28.6 Å². The van der Waals surface area contributed by atoms with Gasteiger partial charge in [-0.2, -0.15) is 0 Å². The molecule has 0 saturated heterocycles. The molecule has 0 unspecified atom stereocenters. The Hall–Kier alpha value is -0.710. The monoisotopic (exact) mass is 362 g/mol. The Labute approximate surface area is 157 Å². The number of carbonyl (C=O) groups excluding carboxylic acids is 1. The Morgan fingerprint density at radius 1 is 1.19 bits per heavy atom. The van der Waals surface area contributed by atoms with Crippen LogP contribution in [0.1, 0.15) is 65.7 Å². The lowest BCUT2D eigenvalue weighted by molar-refractivity contribution is -0.183. The second kappa shape index (κ2) is 5.89. The summed E-state index contributed by atoms with van der Waals surface area (Å²) in [4.78, 5) is 12.6. The van der Waals surface area contributed by atoms with Gasteiger partial charge in [-0.25, -0.2) is 0 Å². The first-order chi connectivity index (χ1) is 12.2. The maximum Gasteiger partial charge on any atom is 0.164 e. The van der Waals surface area contributed by atoms with Gasteiger partial charge in [0.25, 0.3) is 0 Å². The van der Waals surface area contributed by atoms with E-state index >= 15 is 0 Å². The van der Waals surface area contributed by atoms with Crippen molar-refractivity contribution in [1.82, 2.24) is 0 Å². The molecule has 0 aliphatic heterocycles. The largest absolute Gasteiger partial charge is 0.393 e. The summed E-state index contributed by atoms with van der Waals surface area (Å²) in [6.45, 7) is 6.15. The zero-order chi connectivity index (χ0) is 18.9. The number of aliphatic hydroxyl groups is 2. The van der Waals surface area contributed by atoms with Crippen LogP contribution in [0.3, 0.4) is 0 Å². The summed E-state index contributed by atoms with van der Waals surface area (Å²) in [5, 5.41) is 21.1. The van der Waals surface area contributed by atoms with Crippen LogP contribution in [0.5, 0.6) is 0 Å². The molecule has 3 saturated carbocycles. The van der Waals surface area contributed by atoms with E-state index in [2.05, 4.69) is 19.9 Å². The lowest BCUT2D eigenvalue weighted by atomic mass is 9.46. The molecule has 4 heteroatoms. The zero-order valence-corrected chi connectivity index (χ0v) is 16.6. The maximum absolute atomic E-state index is 12.6. The van der Waals surface area contributed by atoms with Crippen molar-refractivity contribution >= 4 is 5.78 Å². The summed E-state index contributed by atoms with van der Waals surface area (Å²) in [5.41, 5.74) is 0.257. The number of ether oxygens (including phenoxy) is 1. The SMILES string of the molecule is CO[C@@]1(C(C)=O)[C@@H](O)C[C@@H]2[C@H]3CC=C4C[C@@H](O)CC[C@]4(C)[C@@H]3CC[C@@]21C. The molecule has 0 aromatic rings. The van der Waals surface area contributed by atoms with Crippen molar-refractivity contribution in [3.8, 4) is 0 Å². The molecule has 0 aromatic carbocycles. The van der Waals surface area contributed by atoms with Crippen molar-refractivity contribution in [2.75, 3.05) is 7.11 Å². The fourth-order valence-corrected chi connectivity index (χ4v) is 7.79. The van der Waals surface area contributed by atoms with Gasteiger partial charge in [-0.05, 0) is 75.0 Å². The fraction of sp³-hybridized carbons (Fsp3) is 0.864. The molecule has 0 amide bonds. The van der Waals surface area contributed by atoms with Crippen LogP contribution < -0.4 is 0 Å². The van der Waals surface area contributed by atoms with Gasteiger partial charge in [-0.3, -0.25) is 4.79 Å². The molecule has 3 fully saturated rings. The number of Topliss-reactive ketones (excluding diaryl/α,β-unsaturated/α-hetero) is 1. The van der Waals surface area contributed by atoms with E-state index in [1.54, 1.807) is 14.0 Å². The van der Waals surface area contributed by atoms with E-state index in [4.69, 9.17) is 4.74 Å². The Bertz CT molecular complexity index is 642. The second-order valence-electron chi connectivity index (χ2n) is 9.86. The van der Waals surface area contributed by atoms with Crippen LogP contribution >= 0.6 is 0 Å². The first-order valence-electron chi connectivity index (χ1n) is 10.3. The van der Waals surface area contributed by atoms with Crippen molar-refractivity contribution < 1.29 is 19.7 Å². The summed E-state index contributed by atoms with van der Waals surface area (Å²) in [6.07, 6.45) is 7.90. The summed E-state index contributed by atoms with van der Waals surface area (Å²) in [7, 11) is 1.59. The number of hydrogen-bond donors (Lipinski definition) is 2. The van der Waals surface area contributed by atoms with E-state index < -0.39 is 11.7 Å². The van der Waals surface area contributed by atoms with Gasteiger partial charge in [-0.15, -0.1) is 0 Å². The molecule has 0 radical (unpaired) electrons. The second-order valence-corrected chi connectivity index (χ2v) is 9.86. The first-order valence-corrected chi connectivity index (χ1v) is 10.3. The van der Waals surface area contributed by atoms with E-state index in [1.165, 1.54) is 5.57 Å². The van der Waals surface area contributed by atoms with Crippen molar-refractivity contribution in [2.45, 2.75) is 83.5 Å². The Kier molecular flexibility index (Phi) is 4.22. The van der Waals surface area contributed by atoms with Gasteiger partial charge in [0.05, 0.1) is 12.2 Å². The molecule has 2 N–H and O–H groups in total. The molecular formula is C22H34O4. The zero-order valence-electron chi connectivity index (χ0n) is 16.6. The van der Waals surface area contributed by atoms with Crippen molar-refractivity contribution in [3.05, 3.63) is 11.6 Å². The smallest absolute Gasteiger partial charge is 0.164 e. The summed E-state index contributed by atoms with van der Waals surface area (Å²) >= 11 is 0. The van der Waals surface area contributed by atoms with Crippen LogP contribution in [0.15, 0.2) is 11.6 Å². The lowest BCUT2D eigenvalue weighted by Crippen LogP contribution is -2.60. The lowest BCUT2D eigenvalue weighted by Gasteiger charge is -2.59. The normalized spacial score (nSPS) is 53.3. The van der Waals surface area contributed by atoms with Gasteiger partial charge in [0, 0.05) is 12.5 Å². The molecule has 4 aliphatic rings. The molecule has 4 nitrogen and oxygen atoms in total. The van der Waals surface area contributed by atoms with Gasteiger partial charge in [0.2, 0.25) is 0 Å². The topological polar surface area (TPSA) is 66.8 Å². The van der Waals surface area contributed by atoms with Gasteiger partial charge in [-0.1, -0.05) is 25.5 Å². The van der Waals surface area contributed by atoms with E-state index in [0.717, 1.165) is 38.5 Å². The van der Waals surface area contributed by atoms with Crippen LogP contribution in [0.4, 0.5) is 0 Å². The molecule has 0 heterocycles. The number of ketones is 1. The molecule has 26 heavy (non-hydrogen) atoms. The minimum Gasteiger partial charge on any atom is -0.393 e. The molecule has 146 valence electrons. The Morgan fingerprint density at radius 3 is 2.58 bits per heavy atom. The summed E-state index contributed by atoms with van der Waals surface area (Å²) in [5.74, 6) is 1.35. The quantitative estimate of drug-likeness (QED) is 0.740. The maximum atomic E-state index is 12.6. The minimum atomic E-state index is -1.06. The summed E-state index contributed by atoms with van der Waals surface area (Å²) < 4.78 is 5.82. The van der Waals surface area contributed by atoms with Gasteiger partial charge in [0.1, 0.15) is 0 Å². The first kappa shape index (κ1) is 18.6. The molecule has 8 atom stereocenters. The van der Waals surface area contributed by atoms with Crippen LogP contribution in [0.2, 0.25) is 0 Å². The van der Waals surface area contributed by atoms with E-state index in [-0.39, 0.29) is 22.7 Å². The van der Waals surface area contributed by atoms with Crippen molar-refractivity contribution in [2.24, 2.45) is 28.6 Å². The molecule has 4 rings (SSSR count). The minimum absolute atomic E-state index is 0.0324. The highest BCUT2D eigenvalue weighted by atomic mass is 16.5. The Morgan fingerprint density at radius 2 is 1.92 bits per heavy atom. The van der Waals surface area contributed by atoms with E-state index in [1.807, 2.05) is 0 Å². The number of aliphatic hydroxyl groups excluding tert-OH is 2. The third-order valence-electron chi connectivity index (χ3n) is 9.11.